The van der Waals surface area contributed by atoms with E-state index in [9.17, 15) is 4.39 Å². The topological polar surface area (TPSA) is 0 Å². The maximum absolute atomic E-state index is 13.6. The molecule has 1 aliphatic carbocycles. The summed E-state index contributed by atoms with van der Waals surface area (Å²) in [6, 6.07) is 0. The largest absolute Gasteiger partial charge is 0.240 e. The van der Waals surface area contributed by atoms with E-state index in [1.54, 1.807) is 6.92 Å². The van der Waals surface area contributed by atoms with E-state index in [-0.39, 0.29) is 5.92 Å². The van der Waals surface area contributed by atoms with E-state index in [0.717, 1.165) is 19.3 Å². The average Bonchev–Trinajstić information content (AvgIpc) is 2.85. The van der Waals surface area contributed by atoms with Crippen LogP contribution in [0.3, 0.4) is 0 Å². The highest BCUT2D eigenvalue weighted by Gasteiger charge is 2.48. The molecule has 0 aromatic heterocycles. The van der Waals surface area contributed by atoms with E-state index in [0.29, 0.717) is 11.8 Å². The molecule has 0 aromatic rings. The molecule has 0 aromatic carbocycles. The second kappa shape index (κ2) is 4.95. The minimum Gasteiger partial charge on any atom is -0.240 e. The summed E-state index contributed by atoms with van der Waals surface area (Å²) in [4.78, 5) is 0. The lowest BCUT2D eigenvalue weighted by Gasteiger charge is -2.17. The van der Waals surface area contributed by atoms with Crippen molar-refractivity contribution >= 4 is 9.24 Å². The van der Waals surface area contributed by atoms with Crippen molar-refractivity contribution in [3.05, 3.63) is 11.6 Å². The van der Waals surface area contributed by atoms with Gasteiger partial charge < -0.3 is 0 Å². The Morgan fingerprint density at radius 2 is 2.27 bits per heavy atom. The van der Waals surface area contributed by atoms with Gasteiger partial charge in [-0.25, -0.2) is 4.39 Å². The molecule has 0 bridgehead atoms. The number of hydrogen-bond acceptors (Lipinski definition) is 0. The van der Waals surface area contributed by atoms with Crippen molar-refractivity contribution in [2.45, 2.75) is 52.4 Å². The van der Waals surface area contributed by atoms with Crippen molar-refractivity contribution < 1.29 is 4.39 Å². The first-order chi connectivity index (χ1) is 6.90. The van der Waals surface area contributed by atoms with Gasteiger partial charge in [-0.2, -0.15) is 0 Å². The van der Waals surface area contributed by atoms with Crippen LogP contribution in [0.4, 0.5) is 4.39 Å². The van der Waals surface area contributed by atoms with Crippen molar-refractivity contribution in [1.29, 1.82) is 0 Å². The van der Waals surface area contributed by atoms with E-state index in [2.05, 4.69) is 36.1 Å². The molecule has 0 nitrogen and oxygen atoms in total. The monoisotopic (exact) mass is 230 g/mol. The van der Waals surface area contributed by atoms with E-state index in [1.165, 1.54) is 5.57 Å². The molecule has 1 fully saturated rings. The summed E-state index contributed by atoms with van der Waals surface area (Å²) >= 11 is 0. The molecule has 1 saturated carbocycles. The first-order valence-electron chi connectivity index (χ1n) is 6.03. The highest BCUT2D eigenvalue weighted by Crippen LogP contribution is 2.54. The molecule has 0 N–H and O–H groups in total. The summed E-state index contributed by atoms with van der Waals surface area (Å²) in [6.07, 6.45) is 5.58. The van der Waals surface area contributed by atoms with Gasteiger partial charge in [0, 0.05) is 0 Å². The van der Waals surface area contributed by atoms with Crippen LogP contribution >= 0.6 is 9.24 Å². The van der Waals surface area contributed by atoms with Crippen LogP contribution in [0.25, 0.3) is 0 Å². The van der Waals surface area contributed by atoms with Crippen molar-refractivity contribution in [2.75, 3.05) is 0 Å². The Morgan fingerprint density at radius 3 is 2.60 bits per heavy atom. The van der Waals surface area contributed by atoms with Gasteiger partial charge in [-0.1, -0.05) is 34.7 Å². The fraction of sp³-hybridized carbons (Fsp3) is 0.846. The second-order valence-electron chi connectivity index (χ2n) is 5.11. The Hall–Kier alpha value is 0.100. The van der Waals surface area contributed by atoms with E-state index in [4.69, 9.17) is 0 Å². The third-order valence-electron chi connectivity index (χ3n) is 3.72. The van der Waals surface area contributed by atoms with Crippen molar-refractivity contribution in [3.63, 3.8) is 0 Å². The summed E-state index contributed by atoms with van der Waals surface area (Å²) in [5.41, 5.74) is 1.52. The fourth-order valence-corrected chi connectivity index (χ4v) is 3.05. The number of hydrogen-bond donors (Lipinski definition) is 0. The predicted octanol–water partition coefficient (Wildman–Crippen LogP) is 4.57. The zero-order valence-electron chi connectivity index (χ0n) is 10.4. The molecule has 0 aliphatic heterocycles. The van der Waals surface area contributed by atoms with E-state index in [1.807, 2.05) is 0 Å². The number of halogens is 1. The molecule has 5 atom stereocenters. The van der Waals surface area contributed by atoms with Gasteiger partial charge in [0.2, 0.25) is 0 Å². The summed E-state index contributed by atoms with van der Waals surface area (Å²) in [7, 11) is 2.35. The van der Waals surface area contributed by atoms with Crippen molar-refractivity contribution in [1.82, 2.24) is 0 Å². The molecule has 0 radical (unpaired) electrons. The molecule has 0 spiro atoms. The standard InChI is InChI=1S/C13H24FP/c1-5-10(6-2)9(3)7-11-8-12(11)13(4,14)15/h5,9,11-12H,6-8,15H2,1-4H3/b10-5-/t9?,11-,12?,13?/m1/s1. The molecule has 1 aliphatic rings. The molecular formula is C13H24FP. The van der Waals surface area contributed by atoms with Crippen molar-refractivity contribution in [2.24, 2.45) is 17.8 Å². The maximum Gasteiger partial charge on any atom is 0.124 e. The first kappa shape index (κ1) is 13.2. The third kappa shape index (κ3) is 3.55. The molecule has 1 rings (SSSR count). The van der Waals surface area contributed by atoms with Gasteiger partial charge in [0.05, 0.1) is 0 Å². The van der Waals surface area contributed by atoms with Crippen LogP contribution < -0.4 is 0 Å². The van der Waals surface area contributed by atoms with Gasteiger partial charge >= 0.3 is 0 Å². The third-order valence-corrected chi connectivity index (χ3v) is 4.14. The van der Waals surface area contributed by atoms with Gasteiger partial charge in [-0.15, -0.1) is 0 Å². The molecule has 4 unspecified atom stereocenters. The summed E-state index contributed by atoms with van der Waals surface area (Å²) in [5, 5.41) is -1.05. The Balaban J connectivity index is 2.40. The maximum atomic E-state index is 13.6. The van der Waals surface area contributed by atoms with E-state index >= 15 is 0 Å². The highest BCUT2D eigenvalue weighted by molar-refractivity contribution is 7.18. The normalized spacial score (nSPS) is 32.3. The molecule has 0 heterocycles. The second-order valence-corrected chi connectivity index (χ2v) is 6.24. The molecule has 88 valence electrons. The number of alkyl halides is 1. The molecule has 15 heavy (non-hydrogen) atoms. The Kier molecular flexibility index (Phi) is 4.35. The van der Waals surface area contributed by atoms with Crippen LogP contribution in [0, 0.1) is 17.8 Å². The van der Waals surface area contributed by atoms with Gasteiger partial charge in [0.1, 0.15) is 5.41 Å². The highest BCUT2D eigenvalue weighted by atomic mass is 31.0. The SMILES string of the molecule is C/C=C(/CC)C(C)C[C@@H]1CC1C(C)(F)P. The smallest absolute Gasteiger partial charge is 0.124 e. The Morgan fingerprint density at radius 1 is 1.67 bits per heavy atom. The summed E-state index contributed by atoms with van der Waals surface area (Å²) in [6.45, 7) is 8.26. The molecule has 2 heteroatoms. The predicted molar refractivity (Wildman–Crippen MR) is 68.6 cm³/mol. The minimum atomic E-state index is -1.05. The molecule has 0 saturated heterocycles. The van der Waals surface area contributed by atoms with Crippen molar-refractivity contribution in [3.8, 4) is 0 Å². The van der Waals surface area contributed by atoms with Crippen LogP contribution in [-0.4, -0.2) is 5.41 Å². The van der Waals surface area contributed by atoms with Crippen LogP contribution in [0.5, 0.6) is 0 Å². The van der Waals surface area contributed by atoms with Crippen LogP contribution in [-0.2, 0) is 0 Å². The fourth-order valence-electron chi connectivity index (χ4n) is 2.64. The van der Waals surface area contributed by atoms with Gasteiger partial charge in [0.25, 0.3) is 0 Å². The summed E-state index contributed by atoms with van der Waals surface area (Å²) in [5.74, 6) is 1.51. The lowest BCUT2D eigenvalue weighted by atomic mass is 9.92. The lowest BCUT2D eigenvalue weighted by Crippen LogP contribution is -2.12. The molecule has 0 amide bonds. The van der Waals surface area contributed by atoms with Gasteiger partial charge in [-0.05, 0) is 50.9 Å². The average molecular weight is 230 g/mol. The number of rotatable bonds is 5. The first-order valence-corrected chi connectivity index (χ1v) is 6.60. The lowest BCUT2D eigenvalue weighted by molar-refractivity contribution is 0.261. The Bertz CT molecular complexity index is 239. The zero-order chi connectivity index (χ0) is 11.6. The van der Waals surface area contributed by atoms with Gasteiger partial charge in [-0.3, -0.25) is 0 Å². The minimum absolute atomic E-state index is 0.278. The zero-order valence-corrected chi connectivity index (χ0v) is 11.5. The summed E-state index contributed by atoms with van der Waals surface area (Å²) < 4.78 is 13.6. The Labute approximate surface area is 95.9 Å². The van der Waals surface area contributed by atoms with Crippen LogP contribution in [0.15, 0.2) is 11.6 Å². The van der Waals surface area contributed by atoms with E-state index < -0.39 is 5.41 Å². The van der Waals surface area contributed by atoms with Crippen LogP contribution in [0.1, 0.15) is 47.0 Å². The quantitative estimate of drug-likeness (QED) is 0.479. The van der Waals surface area contributed by atoms with Gasteiger partial charge in [0.15, 0.2) is 0 Å². The van der Waals surface area contributed by atoms with Crippen LogP contribution in [0.2, 0.25) is 0 Å². The molecular weight excluding hydrogens is 206 g/mol. The number of allylic oxidation sites excluding steroid dienone is 2.